The van der Waals surface area contributed by atoms with Crippen LogP contribution in [-0.4, -0.2) is 11.0 Å². The summed E-state index contributed by atoms with van der Waals surface area (Å²) >= 11 is 0. The topological polar surface area (TPSA) is 73.1 Å². The second-order valence-electron chi connectivity index (χ2n) is 4.09. The van der Waals surface area contributed by atoms with Gasteiger partial charge in [-0.1, -0.05) is 6.07 Å². The Labute approximate surface area is 110 Å². The summed E-state index contributed by atoms with van der Waals surface area (Å²) in [6.45, 7) is 1.68. The van der Waals surface area contributed by atoms with Gasteiger partial charge < -0.3 is 10.4 Å². The lowest BCUT2D eigenvalue weighted by atomic mass is 10.1. The van der Waals surface area contributed by atoms with E-state index in [9.17, 15) is 9.90 Å². The minimum atomic E-state index is -0.293. The first-order valence-electron chi connectivity index (χ1n) is 5.72. The van der Waals surface area contributed by atoms with Crippen LogP contribution >= 0.6 is 0 Å². The molecule has 0 aliphatic rings. The maximum absolute atomic E-state index is 12.1. The van der Waals surface area contributed by atoms with Crippen LogP contribution in [0.1, 0.15) is 21.5 Å². The molecule has 0 saturated carbocycles. The van der Waals surface area contributed by atoms with Crippen molar-refractivity contribution in [2.75, 3.05) is 5.32 Å². The number of amides is 1. The summed E-state index contributed by atoms with van der Waals surface area (Å²) in [4.78, 5) is 12.1. The molecular formula is C15H12N2O2. The number of hydrogen-bond donors (Lipinski definition) is 2. The van der Waals surface area contributed by atoms with Gasteiger partial charge in [0.15, 0.2) is 0 Å². The van der Waals surface area contributed by atoms with Gasteiger partial charge in [0.2, 0.25) is 0 Å². The number of carbonyl (C=O) groups is 1. The Hall–Kier alpha value is -2.80. The van der Waals surface area contributed by atoms with Crippen LogP contribution in [0, 0.1) is 18.3 Å². The Morgan fingerprint density at radius 1 is 1.21 bits per heavy atom. The maximum Gasteiger partial charge on any atom is 0.256 e. The SMILES string of the molecule is Cc1c(O)cccc1C(=O)Nc1ccc(C#N)cc1. The Morgan fingerprint density at radius 2 is 1.89 bits per heavy atom. The largest absolute Gasteiger partial charge is 0.508 e. The molecular weight excluding hydrogens is 240 g/mol. The van der Waals surface area contributed by atoms with Gasteiger partial charge in [0, 0.05) is 16.8 Å². The number of carbonyl (C=O) groups excluding carboxylic acids is 1. The third kappa shape index (κ3) is 2.72. The normalized spacial score (nSPS) is 9.68. The molecule has 2 aromatic carbocycles. The number of rotatable bonds is 2. The molecule has 94 valence electrons. The van der Waals surface area contributed by atoms with Gasteiger partial charge in [0.25, 0.3) is 5.91 Å². The lowest BCUT2D eigenvalue weighted by Gasteiger charge is -2.08. The first-order valence-corrected chi connectivity index (χ1v) is 5.72. The van der Waals surface area contributed by atoms with E-state index in [1.165, 1.54) is 6.07 Å². The van der Waals surface area contributed by atoms with Crippen molar-refractivity contribution in [1.82, 2.24) is 0 Å². The van der Waals surface area contributed by atoms with Gasteiger partial charge >= 0.3 is 0 Å². The molecule has 0 heterocycles. The summed E-state index contributed by atoms with van der Waals surface area (Å²) < 4.78 is 0. The van der Waals surface area contributed by atoms with Crippen molar-refractivity contribution >= 4 is 11.6 Å². The molecule has 0 aliphatic carbocycles. The fraction of sp³-hybridized carbons (Fsp3) is 0.0667. The zero-order chi connectivity index (χ0) is 13.8. The van der Waals surface area contributed by atoms with Gasteiger partial charge in [0.05, 0.1) is 11.6 Å². The zero-order valence-electron chi connectivity index (χ0n) is 10.3. The molecule has 0 radical (unpaired) electrons. The van der Waals surface area contributed by atoms with Crippen LogP contribution in [0.25, 0.3) is 0 Å². The van der Waals surface area contributed by atoms with Crippen LogP contribution in [0.5, 0.6) is 5.75 Å². The molecule has 2 rings (SSSR count). The quantitative estimate of drug-likeness (QED) is 0.863. The molecule has 0 aromatic heterocycles. The molecule has 2 N–H and O–H groups in total. The first kappa shape index (κ1) is 12.7. The lowest BCUT2D eigenvalue weighted by molar-refractivity contribution is 0.102. The van der Waals surface area contributed by atoms with Crippen LogP contribution in [-0.2, 0) is 0 Å². The maximum atomic E-state index is 12.1. The van der Waals surface area contributed by atoms with Crippen LogP contribution in [0.15, 0.2) is 42.5 Å². The third-order valence-electron chi connectivity index (χ3n) is 2.82. The van der Waals surface area contributed by atoms with E-state index in [0.29, 0.717) is 22.4 Å². The molecule has 0 fully saturated rings. The van der Waals surface area contributed by atoms with Crippen molar-refractivity contribution < 1.29 is 9.90 Å². The van der Waals surface area contributed by atoms with E-state index >= 15 is 0 Å². The Morgan fingerprint density at radius 3 is 2.53 bits per heavy atom. The van der Waals surface area contributed by atoms with Crippen molar-refractivity contribution in [3.05, 3.63) is 59.2 Å². The summed E-state index contributed by atoms with van der Waals surface area (Å²) in [7, 11) is 0. The van der Waals surface area contributed by atoms with Gasteiger partial charge in [-0.3, -0.25) is 4.79 Å². The van der Waals surface area contributed by atoms with E-state index in [4.69, 9.17) is 5.26 Å². The average molecular weight is 252 g/mol. The van der Waals surface area contributed by atoms with E-state index in [2.05, 4.69) is 5.32 Å². The third-order valence-corrected chi connectivity index (χ3v) is 2.82. The highest BCUT2D eigenvalue weighted by molar-refractivity contribution is 6.05. The summed E-state index contributed by atoms with van der Waals surface area (Å²) in [5, 5.41) is 21.0. The number of phenols is 1. The molecule has 0 atom stereocenters. The second-order valence-corrected chi connectivity index (χ2v) is 4.09. The molecule has 0 spiro atoms. The Balaban J connectivity index is 2.21. The molecule has 0 saturated heterocycles. The second kappa shape index (κ2) is 5.23. The number of nitriles is 1. The monoisotopic (exact) mass is 252 g/mol. The predicted octanol–water partition coefficient (Wildman–Crippen LogP) is 2.82. The predicted molar refractivity (Wildman–Crippen MR) is 72.0 cm³/mol. The van der Waals surface area contributed by atoms with Crippen LogP contribution < -0.4 is 5.32 Å². The summed E-state index contributed by atoms with van der Waals surface area (Å²) in [5.74, 6) is -0.203. The van der Waals surface area contributed by atoms with Crippen molar-refractivity contribution in [2.24, 2.45) is 0 Å². The molecule has 0 aliphatic heterocycles. The number of nitrogens with zero attached hydrogens (tertiary/aromatic N) is 1. The highest BCUT2D eigenvalue weighted by Crippen LogP contribution is 2.20. The fourth-order valence-corrected chi connectivity index (χ4v) is 1.70. The number of benzene rings is 2. The molecule has 0 unspecified atom stereocenters. The highest BCUT2D eigenvalue weighted by Gasteiger charge is 2.11. The fourth-order valence-electron chi connectivity index (χ4n) is 1.70. The minimum Gasteiger partial charge on any atom is -0.508 e. The van der Waals surface area contributed by atoms with Gasteiger partial charge in [-0.25, -0.2) is 0 Å². The molecule has 2 aromatic rings. The molecule has 19 heavy (non-hydrogen) atoms. The number of aromatic hydroxyl groups is 1. The van der Waals surface area contributed by atoms with Crippen LogP contribution in [0.3, 0.4) is 0 Å². The van der Waals surface area contributed by atoms with Crippen molar-refractivity contribution in [3.8, 4) is 11.8 Å². The van der Waals surface area contributed by atoms with Crippen molar-refractivity contribution in [3.63, 3.8) is 0 Å². The number of anilines is 1. The molecule has 1 amide bonds. The van der Waals surface area contributed by atoms with Crippen molar-refractivity contribution in [2.45, 2.75) is 6.92 Å². The van der Waals surface area contributed by atoms with E-state index in [1.54, 1.807) is 43.3 Å². The molecule has 0 bridgehead atoms. The lowest BCUT2D eigenvalue weighted by Crippen LogP contribution is -2.13. The van der Waals surface area contributed by atoms with Crippen molar-refractivity contribution in [1.29, 1.82) is 5.26 Å². The molecule has 4 heteroatoms. The van der Waals surface area contributed by atoms with E-state index in [1.807, 2.05) is 6.07 Å². The number of phenolic OH excluding ortho intramolecular Hbond substituents is 1. The summed E-state index contributed by atoms with van der Waals surface area (Å²) in [6, 6.07) is 13.4. The van der Waals surface area contributed by atoms with Gasteiger partial charge in [-0.15, -0.1) is 0 Å². The van der Waals surface area contributed by atoms with Gasteiger partial charge in [0.1, 0.15) is 5.75 Å². The van der Waals surface area contributed by atoms with Gasteiger partial charge in [-0.2, -0.15) is 5.26 Å². The summed E-state index contributed by atoms with van der Waals surface area (Å²) in [5.41, 5.74) is 2.09. The highest BCUT2D eigenvalue weighted by atomic mass is 16.3. The average Bonchev–Trinajstić information content (AvgIpc) is 2.42. The Kier molecular flexibility index (Phi) is 3.48. The zero-order valence-corrected chi connectivity index (χ0v) is 10.3. The number of hydrogen-bond acceptors (Lipinski definition) is 3. The first-order chi connectivity index (χ1) is 9.11. The van der Waals surface area contributed by atoms with Crippen LogP contribution in [0.2, 0.25) is 0 Å². The smallest absolute Gasteiger partial charge is 0.256 e. The van der Waals surface area contributed by atoms with Gasteiger partial charge in [-0.05, 0) is 43.3 Å². The van der Waals surface area contributed by atoms with Crippen LogP contribution in [0.4, 0.5) is 5.69 Å². The van der Waals surface area contributed by atoms with E-state index in [-0.39, 0.29) is 11.7 Å². The minimum absolute atomic E-state index is 0.0903. The summed E-state index contributed by atoms with van der Waals surface area (Å²) in [6.07, 6.45) is 0. The molecule has 4 nitrogen and oxygen atoms in total. The Bertz CT molecular complexity index is 655. The standard InChI is InChI=1S/C15H12N2O2/c1-10-13(3-2-4-14(10)18)15(19)17-12-7-5-11(9-16)6-8-12/h2-8,18H,1H3,(H,17,19). The van der Waals surface area contributed by atoms with E-state index in [0.717, 1.165) is 0 Å². The van der Waals surface area contributed by atoms with E-state index < -0.39 is 0 Å². The number of nitrogens with one attached hydrogen (secondary N) is 1.